The van der Waals surface area contributed by atoms with Crippen LogP contribution in [0.15, 0.2) is 41.3 Å². The minimum absolute atomic E-state index is 0.00518. The smallest absolute Gasteiger partial charge is 0.434 e. The maximum absolute atomic E-state index is 13.8. The van der Waals surface area contributed by atoms with Crippen molar-refractivity contribution in [3.63, 3.8) is 0 Å². The highest BCUT2D eigenvalue weighted by Crippen LogP contribution is 2.32. The van der Waals surface area contributed by atoms with Crippen molar-refractivity contribution in [2.45, 2.75) is 24.8 Å². The van der Waals surface area contributed by atoms with Crippen LogP contribution in [0.3, 0.4) is 0 Å². The summed E-state index contributed by atoms with van der Waals surface area (Å²) in [6.07, 6.45) is -0.949. The number of nitrogens with one attached hydrogen (secondary N) is 1. The molecule has 1 aliphatic rings. The van der Waals surface area contributed by atoms with E-state index >= 15 is 0 Å². The molecule has 16 heteroatoms. The zero-order chi connectivity index (χ0) is 29.4. The van der Waals surface area contributed by atoms with Gasteiger partial charge in [-0.2, -0.15) is 8.99 Å². The quantitative estimate of drug-likeness (QED) is 0.329. The van der Waals surface area contributed by atoms with E-state index in [1.165, 1.54) is 18.2 Å². The number of nitrogens with zero attached hydrogens (tertiary/aromatic N) is 5. The summed E-state index contributed by atoms with van der Waals surface area (Å²) in [7, 11) is -1.06. The third-order valence-corrected chi connectivity index (χ3v) is 7.93. The molecule has 3 aromatic rings. The van der Waals surface area contributed by atoms with Gasteiger partial charge in [-0.05, 0) is 31.2 Å². The van der Waals surface area contributed by atoms with Gasteiger partial charge in [0.05, 0.1) is 22.1 Å². The van der Waals surface area contributed by atoms with Gasteiger partial charge in [-0.25, -0.2) is 22.0 Å². The summed E-state index contributed by atoms with van der Waals surface area (Å²) in [4.78, 5) is 37.7. The number of fused-ring (bicyclic) bond motifs is 1. The van der Waals surface area contributed by atoms with E-state index in [2.05, 4.69) is 10.4 Å². The third kappa shape index (κ3) is 5.48. The van der Waals surface area contributed by atoms with Crippen molar-refractivity contribution >= 4 is 39.2 Å². The molecule has 1 N–H and O–H groups in total. The Bertz CT molecular complexity index is 1600. The topological polar surface area (TPSA) is 157 Å². The molecule has 2 heterocycles. The summed E-state index contributed by atoms with van der Waals surface area (Å²) in [5.41, 5.74) is 0.0379. The molecule has 0 radical (unpaired) electrons. The number of carbonyl (C=O) groups is 2. The Kier molecular flexibility index (Phi) is 7.84. The molecule has 2 aromatic carbocycles. The molecule has 4 rings (SSSR count). The van der Waals surface area contributed by atoms with Gasteiger partial charge in [-0.15, -0.1) is 5.10 Å². The number of nitro groups is 1. The SMILES string of the molecule is CCOC(=O)n1nc(NC(=O)c2ccc(N(C)C)cc2[N+](=O)[O-])c2c1CCN(S(=O)(=O)c1cc(F)cc(F)c1)C2. The van der Waals surface area contributed by atoms with Gasteiger partial charge in [0.15, 0.2) is 5.82 Å². The van der Waals surface area contributed by atoms with E-state index < -0.39 is 55.7 Å². The van der Waals surface area contributed by atoms with Gasteiger partial charge in [-0.1, -0.05) is 0 Å². The first-order chi connectivity index (χ1) is 18.8. The first-order valence-electron chi connectivity index (χ1n) is 11.8. The number of ether oxygens (including phenoxy) is 1. The fourth-order valence-corrected chi connectivity index (χ4v) is 5.63. The summed E-state index contributed by atoms with van der Waals surface area (Å²) in [6.45, 7) is 0.973. The number of nitro benzene ring substituents is 1. The van der Waals surface area contributed by atoms with Crippen LogP contribution >= 0.6 is 0 Å². The molecular weight excluding hydrogens is 554 g/mol. The van der Waals surface area contributed by atoms with Gasteiger partial charge in [-0.3, -0.25) is 14.9 Å². The molecular formula is C24H24F2N6O7S. The monoisotopic (exact) mass is 578 g/mol. The van der Waals surface area contributed by atoms with Crippen LogP contribution in [-0.2, 0) is 27.7 Å². The Morgan fingerprint density at radius 3 is 2.45 bits per heavy atom. The molecule has 0 bridgehead atoms. The summed E-state index contributed by atoms with van der Waals surface area (Å²) in [6, 6.07) is 5.86. The Morgan fingerprint density at radius 2 is 1.85 bits per heavy atom. The first kappa shape index (κ1) is 28.6. The number of halogens is 2. The van der Waals surface area contributed by atoms with E-state index in [1.807, 2.05) is 0 Å². The van der Waals surface area contributed by atoms with Crippen LogP contribution in [0, 0.1) is 21.7 Å². The van der Waals surface area contributed by atoms with Crippen LogP contribution in [0.5, 0.6) is 0 Å². The Balaban J connectivity index is 1.74. The first-order valence-corrected chi connectivity index (χ1v) is 13.3. The van der Waals surface area contributed by atoms with E-state index in [4.69, 9.17) is 4.74 Å². The second kappa shape index (κ2) is 11.0. The molecule has 0 saturated heterocycles. The highest BCUT2D eigenvalue weighted by atomic mass is 32.2. The Morgan fingerprint density at radius 1 is 1.18 bits per heavy atom. The van der Waals surface area contributed by atoms with Crippen LogP contribution in [0.25, 0.3) is 0 Å². The lowest BCUT2D eigenvalue weighted by Crippen LogP contribution is -2.37. The van der Waals surface area contributed by atoms with Gasteiger partial charge in [0, 0.05) is 57.0 Å². The molecule has 13 nitrogen and oxygen atoms in total. The second-order valence-electron chi connectivity index (χ2n) is 8.89. The molecule has 1 amide bonds. The highest BCUT2D eigenvalue weighted by Gasteiger charge is 2.35. The van der Waals surface area contributed by atoms with E-state index in [1.54, 1.807) is 25.9 Å². The van der Waals surface area contributed by atoms with E-state index in [0.29, 0.717) is 23.9 Å². The summed E-state index contributed by atoms with van der Waals surface area (Å²) >= 11 is 0. The molecule has 0 saturated carbocycles. The molecule has 1 aliphatic heterocycles. The number of rotatable bonds is 7. The van der Waals surface area contributed by atoms with Crippen molar-refractivity contribution in [3.05, 3.63) is 75.0 Å². The number of hydrogen-bond acceptors (Lipinski definition) is 9. The van der Waals surface area contributed by atoms with Gasteiger partial charge in [0.25, 0.3) is 11.6 Å². The average molecular weight is 579 g/mol. The van der Waals surface area contributed by atoms with Crippen LogP contribution in [0.2, 0.25) is 0 Å². The number of amides is 1. The predicted octanol–water partition coefficient (Wildman–Crippen LogP) is 3.14. The minimum atomic E-state index is -4.41. The van der Waals surface area contributed by atoms with Crippen LogP contribution in [0.4, 0.5) is 30.8 Å². The van der Waals surface area contributed by atoms with Crippen LogP contribution in [-0.4, -0.2) is 66.7 Å². The summed E-state index contributed by atoms with van der Waals surface area (Å²) in [5.74, 6) is -3.33. The van der Waals surface area contributed by atoms with E-state index in [0.717, 1.165) is 8.99 Å². The molecule has 40 heavy (non-hydrogen) atoms. The number of aromatic nitrogens is 2. The van der Waals surface area contributed by atoms with Crippen molar-refractivity contribution in [1.29, 1.82) is 0 Å². The molecule has 0 aliphatic carbocycles. The number of hydrogen-bond donors (Lipinski definition) is 1. The number of anilines is 2. The number of sulfonamides is 1. The molecule has 0 atom stereocenters. The fourth-order valence-electron chi connectivity index (χ4n) is 4.18. The summed E-state index contributed by atoms with van der Waals surface area (Å²) in [5, 5.41) is 18.2. The number of benzene rings is 2. The lowest BCUT2D eigenvalue weighted by molar-refractivity contribution is -0.385. The molecule has 0 spiro atoms. The molecule has 0 unspecified atom stereocenters. The standard InChI is InChI=1S/C24H24F2N6O7S/c1-4-39-24(34)31-20-7-8-30(40(37,38)17-10-14(25)9-15(26)11-17)13-19(20)22(28-31)27-23(33)18-6-5-16(29(2)3)12-21(18)32(35)36/h5-6,9-12H,4,7-8,13H2,1-3H3,(H,27,28,33). The largest absolute Gasteiger partial charge is 0.448 e. The average Bonchev–Trinajstić information content (AvgIpc) is 3.25. The maximum Gasteiger partial charge on any atom is 0.434 e. The molecule has 1 aromatic heterocycles. The van der Waals surface area contributed by atoms with Gasteiger partial charge in [0.2, 0.25) is 10.0 Å². The van der Waals surface area contributed by atoms with Crippen molar-refractivity contribution in [3.8, 4) is 0 Å². The van der Waals surface area contributed by atoms with Crippen LogP contribution < -0.4 is 10.2 Å². The van der Waals surface area contributed by atoms with Crippen molar-refractivity contribution < 1.29 is 36.4 Å². The third-order valence-electron chi connectivity index (χ3n) is 6.11. The Hall–Kier alpha value is -4.44. The van der Waals surface area contributed by atoms with Crippen molar-refractivity contribution in [2.75, 3.05) is 37.5 Å². The lowest BCUT2D eigenvalue weighted by atomic mass is 10.1. The Labute approximate surface area is 227 Å². The van der Waals surface area contributed by atoms with Crippen LogP contribution in [0.1, 0.15) is 28.5 Å². The highest BCUT2D eigenvalue weighted by molar-refractivity contribution is 7.89. The fraction of sp³-hybridized carbons (Fsp3) is 0.292. The molecule has 0 fully saturated rings. The second-order valence-corrected chi connectivity index (χ2v) is 10.8. The molecule has 212 valence electrons. The van der Waals surface area contributed by atoms with E-state index in [9.17, 15) is 36.9 Å². The zero-order valence-corrected chi connectivity index (χ0v) is 22.4. The van der Waals surface area contributed by atoms with Crippen molar-refractivity contribution in [1.82, 2.24) is 14.1 Å². The lowest BCUT2D eigenvalue weighted by Gasteiger charge is -2.27. The predicted molar refractivity (Wildman–Crippen MR) is 138 cm³/mol. The normalized spacial score (nSPS) is 13.4. The van der Waals surface area contributed by atoms with Crippen molar-refractivity contribution in [2.24, 2.45) is 0 Å². The van der Waals surface area contributed by atoms with Gasteiger partial charge < -0.3 is 15.0 Å². The number of carbonyl (C=O) groups excluding carboxylic acids is 2. The maximum atomic E-state index is 13.8. The summed E-state index contributed by atoms with van der Waals surface area (Å²) < 4.78 is 60.8. The minimum Gasteiger partial charge on any atom is -0.448 e. The zero-order valence-electron chi connectivity index (χ0n) is 21.6. The van der Waals surface area contributed by atoms with Gasteiger partial charge >= 0.3 is 6.09 Å². The van der Waals surface area contributed by atoms with Gasteiger partial charge in [0.1, 0.15) is 17.2 Å². The van der Waals surface area contributed by atoms with E-state index in [-0.39, 0.29) is 42.2 Å².